The fraction of sp³-hybridized carbons (Fsp3) is 0.327. The van der Waals surface area contributed by atoms with Crippen molar-refractivity contribution in [1.82, 2.24) is 35.0 Å². The summed E-state index contributed by atoms with van der Waals surface area (Å²) in [5, 5.41) is 31.0. The minimum Gasteiger partial charge on any atom is -0.481 e. The number of carbonyl (C=O) groups excluding carboxylic acids is 12. The van der Waals surface area contributed by atoms with Crippen LogP contribution in [0, 0.1) is 48.9 Å². The number of hydrogen-bond acceptors (Lipinski definition) is 36. The number of alkyl halides is 3. The number of aromatic nitrogens is 6. The molecule has 0 atom stereocenters. The van der Waals surface area contributed by atoms with Crippen LogP contribution in [-0.2, 0) is 145 Å². The van der Waals surface area contributed by atoms with Gasteiger partial charge in [-0.05, 0) is 140 Å². The molecule has 26 nitrogen and oxygen atoms in total. The van der Waals surface area contributed by atoms with Crippen molar-refractivity contribution in [3.05, 3.63) is 299 Å². The Morgan fingerprint density at radius 3 is 1.49 bits per heavy atom. The fourth-order valence-corrected chi connectivity index (χ4v) is 16.0. The summed E-state index contributed by atoms with van der Waals surface area (Å²) in [6, 6.07) is 55.8. The molecule has 4 aromatic heterocycles. The van der Waals surface area contributed by atoms with E-state index in [4.69, 9.17) is 49.3 Å². The topological polar surface area (TPSA) is 402 Å². The van der Waals surface area contributed by atoms with Crippen LogP contribution in [0.15, 0.2) is 204 Å². The summed E-state index contributed by atoms with van der Waals surface area (Å²) in [6.45, 7) is 7.52. The van der Waals surface area contributed by atoms with Gasteiger partial charge in [-0.3, -0.25) is 62.4 Å². The van der Waals surface area contributed by atoms with Crippen molar-refractivity contribution in [3.63, 3.8) is 0 Å². The number of nitrogens with one attached hydrogen (secondary N) is 1. The highest BCUT2D eigenvalue weighted by molar-refractivity contribution is 7.92. The Morgan fingerprint density at radius 1 is 0.513 bits per heavy atom. The number of anilines is 1. The minimum absolute atomic E-state index is 0.00907. The molecule has 7 aromatic carbocycles. The van der Waals surface area contributed by atoms with Crippen molar-refractivity contribution in [2.45, 2.75) is 153 Å². The lowest BCUT2D eigenvalue weighted by Crippen LogP contribution is -2.33. The average molecular weight is 2310 g/mol. The van der Waals surface area contributed by atoms with Crippen LogP contribution in [0.4, 0.5) is 18.9 Å². The zero-order chi connectivity index (χ0) is 112. The molecule has 4 heterocycles. The lowest BCUT2D eigenvalue weighted by Gasteiger charge is -2.31. The van der Waals surface area contributed by atoms with E-state index in [-0.39, 0.29) is 148 Å². The molecule has 0 radical (unpaired) electrons. The SMILES string of the molecule is C#Cc1ccc(CC(=O)CS)cc1.CC(=O)Cc1cccc(CC(=O)CS)c1.CC(=O)Nc1ccc(Cl)c(CC(=O)CS)c1.CN(Cc1ccccc1CC(=O)CS)C1CCCCC1.COc1cc(CC(=O)CS)ncn1.Cc1oc(CC(=O)CS)c(C#N)c1C.N#Cc1cncnc1CC(=O)CS.O=C(CS)Cc1ccc(Cl)cc1.O=C(CS)Cc1ccc(S(=O)(=O)C(F)(F)F)cc1.O=C(CS)Cc1nnc(-c2ccccc2)s1. The summed E-state index contributed by atoms with van der Waals surface area (Å²) in [5.41, 5.74) is 7.43. The Morgan fingerprint density at radius 2 is 0.987 bits per heavy atom. The lowest BCUT2D eigenvalue weighted by atomic mass is 9.93. The number of carbonyl (C=O) groups is 12. The van der Waals surface area contributed by atoms with Gasteiger partial charge in [0.15, 0.2) is 0 Å². The monoisotopic (exact) mass is 2310 g/mol. The average Bonchev–Trinajstić information content (AvgIpc) is 0.836. The summed E-state index contributed by atoms with van der Waals surface area (Å²) in [4.78, 5) is 150. The number of sulfone groups is 1. The molecular formula is C107H117Cl2F3N10O16S12. The molecule has 0 aliphatic heterocycles. The maximum absolute atomic E-state index is 12.2. The molecule has 0 unspecified atom stereocenters. The van der Waals surface area contributed by atoms with Gasteiger partial charge in [-0.1, -0.05) is 175 Å². The highest BCUT2D eigenvalue weighted by Crippen LogP contribution is 2.32. The Kier molecular flexibility index (Phi) is 66.4. The van der Waals surface area contributed by atoms with E-state index in [1.807, 2.05) is 116 Å². The maximum atomic E-state index is 12.2. The van der Waals surface area contributed by atoms with Gasteiger partial charge in [-0.15, -0.1) is 16.6 Å². The van der Waals surface area contributed by atoms with E-state index in [2.05, 4.69) is 198 Å². The number of Topliss-reactive ketones (excluding diaryl/α,β-unsaturated/α-hetero) is 11. The Hall–Kier alpha value is -10.5. The molecule has 798 valence electrons. The maximum Gasteiger partial charge on any atom is 0.501 e. The third-order valence-corrected chi connectivity index (χ3v) is 27.2. The van der Waals surface area contributed by atoms with E-state index in [1.54, 1.807) is 50.2 Å². The molecular weight excluding hydrogens is 2190 g/mol. The van der Waals surface area contributed by atoms with Crippen LogP contribution in [0.1, 0.15) is 141 Å². The number of benzene rings is 7. The third-order valence-electron chi connectivity index (χ3n) is 20.6. The molecule has 43 heteroatoms. The summed E-state index contributed by atoms with van der Waals surface area (Å²) < 4.78 is 69.0. The van der Waals surface area contributed by atoms with Gasteiger partial charge in [0, 0.05) is 173 Å². The van der Waals surface area contributed by atoms with Crippen LogP contribution < -0.4 is 10.1 Å². The van der Waals surface area contributed by atoms with Crippen molar-refractivity contribution in [2.24, 2.45) is 0 Å². The number of hydrogen-bond donors (Lipinski definition) is 11. The molecule has 0 saturated heterocycles. The normalized spacial score (nSPS) is 11.0. The summed E-state index contributed by atoms with van der Waals surface area (Å²) in [5.74, 6) is 6.63. The number of ketones is 11. The minimum atomic E-state index is -5.33. The van der Waals surface area contributed by atoms with Crippen LogP contribution >= 0.6 is 161 Å². The van der Waals surface area contributed by atoms with Crippen LogP contribution in [0.2, 0.25) is 10.0 Å². The van der Waals surface area contributed by atoms with Gasteiger partial charge in [-0.25, -0.2) is 28.4 Å². The van der Waals surface area contributed by atoms with E-state index in [1.165, 1.54) is 94.0 Å². The predicted octanol–water partition coefficient (Wildman–Crippen LogP) is 18.8. The summed E-state index contributed by atoms with van der Waals surface area (Å²) in [7, 11) is -1.59. The van der Waals surface area contributed by atoms with Gasteiger partial charge in [-0.2, -0.15) is 150 Å². The zero-order valence-electron chi connectivity index (χ0n) is 83.0. The number of nitriles is 2. The number of halogens is 5. The smallest absolute Gasteiger partial charge is 0.481 e. The Bertz CT molecular complexity index is 6490. The number of aryl methyl sites for hydroxylation is 1. The number of furan rings is 1. The first kappa shape index (κ1) is 134. The second-order valence-electron chi connectivity index (χ2n) is 32.6. The first-order valence-electron chi connectivity index (χ1n) is 45.7. The van der Waals surface area contributed by atoms with Gasteiger partial charge < -0.3 is 14.5 Å². The fourth-order valence-electron chi connectivity index (χ4n) is 13.0. The molecule has 12 rings (SSSR count). The van der Waals surface area contributed by atoms with E-state index in [0.29, 0.717) is 123 Å². The zero-order valence-corrected chi connectivity index (χ0v) is 95.0. The summed E-state index contributed by atoms with van der Waals surface area (Å²) in [6.07, 6.45) is 19.4. The van der Waals surface area contributed by atoms with Crippen molar-refractivity contribution < 1.29 is 88.3 Å². The lowest BCUT2D eigenvalue weighted by molar-refractivity contribution is -0.117. The predicted molar refractivity (Wildman–Crippen MR) is 616 cm³/mol. The molecule has 1 saturated carbocycles. The molecule has 1 aliphatic carbocycles. The van der Waals surface area contributed by atoms with Crippen molar-refractivity contribution in [2.75, 3.05) is 77.0 Å². The standard InChI is InChI=1S/C17H25NOS.C12H14O2S.C11H12ClNO2S.C11H10N2OS2.C11H10OS.C10H9F3O3S2.C10H11NO2S.C9H9ClOS.C8H7N3OS.C8H10N2O2S/c1-18(16-9-3-2-4-10-16)12-15-8-6-5-7-14(15)11-17(19)13-20;1-9(13)5-10-3-2-4-11(6-10)7-12(14)8-15;1-7(14)13-9-2-3-11(12)8(4-9)5-10(15)6-16;14-9(7-15)6-10-12-13-11(16-10)8-4-2-1-3-5-8;1-2-9-3-5-10(6-4-9)7-11(12)8-13;11-10(12,13)18(15,16)9-3-1-7(2-4-9)5-8(14)6-17;1-6-7(2)13-10(9(6)4-11)3-8(12)5-14;10-8-3-1-7(2-4-8)5-9(11)6-12;9-2-6-3-10-5-11-8(6)1-7(12)4-13;1-12-8-3-6(9-5-10-8)2-7(11)4-13/h5-8,16,20H,2-4,9-13H2,1H3;2-4,6,15H,5,7-8H2,1H3;2-4,16H,5-6H2,1H3,(H,13,14);1-5,15H,6-7H2;1,3-6,13H,7-8H2;1-4,17H,5-6H2;14H,3,5H2,1-2H3;1-4,12H,5-6H2;3,5,13H,1,4H2;3,5,13H,2,4H2,1H3. The number of methoxy groups -OCH3 is 1. The third kappa shape index (κ3) is 53.7. The van der Waals surface area contributed by atoms with E-state index >= 15 is 0 Å². The first-order chi connectivity index (χ1) is 71.4. The van der Waals surface area contributed by atoms with E-state index in [9.17, 15) is 79.1 Å². The van der Waals surface area contributed by atoms with E-state index in [0.717, 1.165) is 73.2 Å². The van der Waals surface area contributed by atoms with Gasteiger partial charge >= 0.3 is 5.51 Å². The highest BCUT2D eigenvalue weighted by atomic mass is 35.5. The summed E-state index contributed by atoms with van der Waals surface area (Å²) >= 11 is 52.0. The van der Waals surface area contributed by atoms with Gasteiger partial charge in [0.25, 0.3) is 9.84 Å². The number of ether oxygens (including phenoxy) is 1. The van der Waals surface area contributed by atoms with Crippen LogP contribution in [-0.4, -0.2) is 196 Å². The quantitative estimate of drug-likeness (QED) is 0.0126. The molecule has 11 aromatic rings. The molecule has 0 spiro atoms. The molecule has 1 amide bonds. The largest absolute Gasteiger partial charge is 0.501 e. The van der Waals surface area contributed by atoms with Crippen molar-refractivity contribution >= 4 is 246 Å². The van der Waals surface area contributed by atoms with E-state index < -0.39 is 20.2 Å². The van der Waals surface area contributed by atoms with Crippen LogP contribution in [0.25, 0.3) is 10.6 Å². The Labute approximate surface area is 942 Å². The molecule has 150 heavy (non-hydrogen) atoms. The first-order valence-corrected chi connectivity index (χ1v) is 55.1. The molecule has 1 aliphatic rings. The van der Waals surface area contributed by atoms with Gasteiger partial charge in [0.05, 0.1) is 53.8 Å². The van der Waals surface area contributed by atoms with Crippen molar-refractivity contribution in [1.29, 1.82) is 10.5 Å². The second kappa shape index (κ2) is 74.5. The Balaban J connectivity index is 0.000000429. The van der Waals surface area contributed by atoms with Crippen LogP contribution in [0.3, 0.4) is 0 Å². The van der Waals surface area contributed by atoms with Gasteiger partial charge in [0.2, 0.25) is 11.8 Å². The number of amides is 1. The van der Waals surface area contributed by atoms with Crippen LogP contribution in [0.5, 0.6) is 5.88 Å². The van der Waals surface area contributed by atoms with Gasteiger partial charge in [0.1, 0.15) is 110 Å². The number of thiol groups is 10. The number of terminal acetylenes is 1. The number of nitrogens with zero attached hydrogens (tertiary/aromatic N) is 9. The second-order valence-corrected chi connectivity index (χ2v) is 39.6. The number of rotatable bonds is 39. The molecule has 1 fully saturated rings. The molecule has 1 N–H and O–H groups in total. The highest BCUT2D eigenvalue weighted by Gasteiger charge is 2.47. The molecule has 0 bridgehead atoms. The van der Waals surface area contributed by atoms with Crippen molar-refractivity contribution in [3.8, 4) is 40.9 Å².